The zero-order chi connectivity index (χ0) is 19.7. The maximum Gasteiger partial charge on any atom is 0.310 e. The Kier molecular flexibility index (Phi) is 5.57. The largest absolute Gasteiger partial charge is 0.484 e. The molecule has 0 aromatic heterocycles. The number of carbonyl (C=O) groups is 3. The lowest BCUT2D eigenvalue weighted by atomic mass is 9.79. The first-order chi connectivity index (χ1) is 12.8. The minimum Gasteiger partial charge on any atom is -0.484 e. The first-order valence-corrected chi connectivity index (χ1v) is 9.02. The minimum absolute atomic E-state index is 0.309. The van der Waals surface area contributed by atoms with Gasteiger partial charge >= 0.3 is 5.97 Å². The first kappa shape index (κ1) is 19.4. The van der Waals surface area contributed by atoms with Gasteiger partial charge in [0.25, 0.3) is 5.91 Å². The van der Waals surface area contributed by atoms with Gasteiger partial charge in [-0.15, -0.1) is 0 Å². The molecule has 2 amide bonds. The summed E-state index contributed by atoms with van der Waals surface area (Å²) in [5.74, 6) is -3.42. The Morgan fingerprint density at radius 1 is 1.15 bits per heavy atom. The van der Waals surface area contributed by atoms with Crippen molar-refractivity contribution in [2.24, 2.45) is 11.8 Å². The molecule has 9 heteroatoms. The number of hydrogen-bond donors (Lipinski definition) is 3. The van der Waals surface area contributed by atoms with Crippen molar-refractivity contribution < 1.29 is 29.0 Å². The van der Waals surface area contributed by atoms with Crippen molar-refractivity contribution in [3.05, 3.63) is 28.3 Å². The van der Waals surface area contributed by atoms with Crippen LogP contribution in [0.25, 0.3) is 0 Å². The second-order valence-corrected chi connectivity index (χ2v) is 7.26. The van der Waals surface area contributed by atoms with E-state index in [9.17, 15) is 19.5 Å². The molecule has 4 atom stereocenters. The Morgan fingerprint density at radius 2 is 1.74 bits per heavy atom. The standard InChI is InChI=1S/C18H21ClN2O6/c1-8-5-10(6-9(2)16(8)19)26-7-13(22)20-21-17(23)14-11-3-4-12(27-11)15(14)18(24)25/h5-6,11-12,14-15H,3-4,7H2,1-2H3,(H,20,22)(H,21,23)(H,24,25)/t11-,12-,14+,15-/m1/s1. The summed E-state index contributed by atoms with van der Waals surface area (Å²) in [6.45, 7) is 3.36. The molecule has 0 aliphatic carbocycles. The second kappa shape index (κ2) is 7.74. The number of rotatable bonds is 5. The summed E-state index contributed by atoms with van der Waals surface area (Å²) in [6.07, 6.45) is 0.396. The van der Waals surface area contributed by atoms with E-state index in [1.54, 1.807) is 12.1 Å². The van der Waals surface area contributed by atoms with Gasteiger partial charge in [-0.1, -0.05) is 11.6 Å². The SMILES string of the molecule is Cc1cc(OCC(=O)NNC(=O)[C@@H]2[C@H](C(=O)O)[C@H]3CC[C@H]2O3)cc(C)c1Cl. The topological polar surface area (TPSA) is 114 Å². The van der Waals surface area contributed by atoms with Gasteiger partial charge in [0.05, 0.1) is 24.0 Å². The summed E-state index contributed by atoms with van der Waals surface area (Å²) in [5, 5.41) is 9.97. The third-order valence-electron chi connectivity index (χ3n) is 4.97. The van der Waals surface area contributed by atoms with Crippen molar-refractivity contribution in [3.8, 4) is 5.75 Å². The summed E-state index contributed by atoms with van der Waals surface area (Å²) in [4.78, 5) is 35.7. The van der Waals surface area contributed by atoms with Crippen LogP contribution in [0, 0.1) is 25.7 Å². The van der Waals surface area contributed by atoms with Gasteiger partial charge in [0.2, 0.25) is 5.91 Å². The molecule has 0 unspecified atom stereocenters. The molecule has 27 heavy (non-hydrogen) atoms. The van der Waals surface area contributed by atoms with Crippen LogP contribution < -0.4 is 15.6 Å². The Balaban J connectivity index is 1.50. The van der Waals surface area contributed by atoms with Crippen LogP contribution in [-0.2, 0) is 19.1 Å². The number of nitrogens with one attached hydrogen (secondary N) is 2. The number of halogens is 1. The van der Waals surface area contributed by atoms with E-state index in [0.29, 0.717) is 23.6 Å². The monoisotopic (exact) mass is 396 g/mol. The quantitative estimate of drug-likeness (QED) is 0.647. The molecule has 2 heterocycles. The summed E-state index contributed by atoms with van der Waals surface area (Å²) in [7, 11) is 0. The average molecular weight is 397 g/mol. The molecule has 2 bridgehead atoms. The summed E-state index contributed by atoms with van der Waals surface area (Å²) >= 11 is 6.09. The number of hydrogen-bond acceptors (Lipinski definition) is 5. The number of carboxylic acid groups (broad SMARTS) is 1. The lowest BCUT2D eigenvalue weighted by molar-refractivity contribution is -0.148. The molecule has 3 N–H and O–H groups in total. The van der Waals surface area contributed by atoms with E-state index in [0.717, 1.165) is 11.1 Å². The number of aliphatic carboxylic acids is 1. The number of amides is 2. The molecule has 0 radical (unpaired) electrons. The van der Waals surface area contributed by atoms with Gasteiger partial charge in [-0.05, 0) is 49.9 Å². The molecule has 0 spiro atoms. The molecule has 8 nitrogen and oxygen atoms in total. The smallest absolute Gasteiger partial charge is 0.310 e. The molecule has 0 saturated carbocycles. The van der Waals surface area contributed by atoms with E-state index in [4.69, 9.17) is 21.1 Å². The Morgan fingerprint density at radius 3 is 2.33 bits per heavy atom. The Labute approximate surface area is 161 Å². The number of carbonyl (C=O) groups excluding carboxylic acids is 2. The molecule has 2 aliphatic heterocycles. The third-order valence-corrected chi connectivity index (χ3v) is 5.56. The fraction of sp³-hybridized carbons (Fsp3) is 0.500. The lowest BCUT2D eigenvalue weighted by Gasteiger charge is -2.23. The zero-order valence-corrected chi connectivity index (χ0v) is 15.7. The van der Waals surface area contributed by atoms with Crippen LogP contribution in [-0.4, -0.2) is 41.7 Å². The molecule has 1 aromatic carbocycles. The van der Waals surface area contributed by atoms with Gasteiger partial charge < -0.3 is 14.6 Å². The van der Waals surface area contributed by atoms with Crippen molar-refractivity contribution in [1.29, 1.82) is 0 Å². The van der Waals surface area contributed by atoms with Crippen LogP contribution in [0.2, 0.25) is 5.02 Å². The summed E-state index contributed by atoms with van der Waals surface area (Å²) in [6, 6.07) is 3.43. The normalized spacial score (nSPS) is 25.9. The van der Waals surface area contributed by atoms with Crippen molar-refractivity contribution in [3.63, 3.8) is 0 Å². The number of hydrazine groups is 1. The molecule has 1 aromatic rings. The van der Waals surface area contributed by atoms with Gasteiger partial charge in [0, 0.05) is 5.02 Å². The van der Waals surface area contributed by atoms with E-state index in [1.807, 2.05) is 13.8 Å². The minimum atomic E-state index is -1.06. The van der Waals surface area contributed by atoms with Crippen LogP contribution >= 0.6 is 11.6 Å². The number of fused-ring (bicyclic) bond motifs is 2. The highest BCUT2D eigenvalue weighted by Crippen LogP contribution is 2.43. The van der Waals surface area contributed by atoms with Crippen LogP contribution in [0.1, 0.15) is 24.0 Å². The molecule has 2 fully saturated rings. The number of aryl methyl sites for hydroxylation is 2. The molecule has 3 rings (SSSR count). The van der Waals surface area contributed by atoms with Gasteiger partial charge in [-0.25, -0.2) is 0 Å². The summed E-state index contributed by atoms with van der Waals surface area (Å²) in [5.41, 5.74) is 6.19. The predicted octanol–water partition coefficient (Wildman–Crippen LogP) is 1.36. The second-order valence-electron chi connectivity index (χ2n) is 6.88. The first-order valence-electron chi connectivity index (χ1n) is 8.64. The number of carboxylic acids is 1. The van der Waals surface area contributed by atoms with Crippen molar-refractivity contribution in [2.75, 3.05) is 6.61 Å². The highest BCUT2D eigenvalue weighted by molar-refractivity contribution is 6.32. The van der Waals surface area contributed by atoms with Crippen LogP contribution in [0.15, 0.2) is 12.1 Å². The van der Waals surface area contributed by atoms with Gasteiger partial charge in [-0.3, -0.25) is 25.2 Å². The Bertz CT molecular complexity index is 760. The number of benzene rings is 1. The van der Waals surface area contributed by atoms with Crippen LogP contribution in [0.3, 0.4) is 0 Å². The van der Waals surface area contributed by atoms with Crippen LogP contribution in [0.5, 0.6) is 5.75 Å². The van der Waals surface area contributed by atoms with E-state index in [-0.39, 0.29) is 6.61 Å². The molecular weight excluding hydrogens is 376 g/mol. The van der Waals surface area contributed by atoms with Gasteiger partial charge in [0.1, 0.15) is 5.75 Å². The molecule has 146 valence electrons. The van der Waals surface area contributed by atoms with Crippen LogP contribution in [0.4, 0.5) is 0 Å². The van der Waals surface area contributed by atoms with Gasteiger partial charge in [-0.2, -0.15) is 0 Å². The van der Waals surface area contributed by atoms with E-state index in [1.165, 1.54) is 0 Å². The van der Waals surface area contributed by atoms with Crippen molar-refractivity contribution >= 4 is 29.4 Å². The summed E-state index contributed by atoms with van der Waals surface area (Å²) < 4.78 is 10.9. The van der Waals surface area contributed by atoms with E-state index in [2.05, 4.69) is 10.9 Å². The maximum atomic E-state index is 12.3. The maximum absolute atomic E-state index is 12.3. The fourth-order valence-corrected chi connectivity index (χ4v) is 3.82. The van der Waals surface area contributed by atoms with Crippen molar-refractivity contribution in [1.82, 2.24) is 10.9 Å². The highest BCUT2D eigenvalue weighted by Gasteiger charge is 2.55. The zero-order valence-electron chi connectivity index (χ0n) is 15.0. The predicted molar refractivity (Wildman–Crippen MR) is 95.2 cm³/mol. The lowest BCUT2D eigenvalue weighted by Crippen LogP contribution is -2.51. The molecule has 2 aliphatic rings. The fourth-order valence-electron chi connectivity index (χ4n) is 3.71. The number of ether oxygens (including phenoxy) is 2. The van der Waals surface area contributed by atoms with E-state index >= 15 is 0 Å². The van der Waals surface area contributed by atoms with Gasteiger partial charge in [0.15, 0.2) is 6.61 Å². The average Bonchev–Trinajstić information content (AvgIpc) is 3.23. The highest BCUT2D eigenvalue weighted by atomic mass is 35.5. The molecule has 2 saturated heterocycles. The Hall–Kier alpha value is -2.32. The third kappa shape index (κ3) is 4.01. The van der Waals surface area contributed by atoms with E-state index < -0.39 is 41.8 Å². The van der Waals surface area contributed by atoms with Crippen molar-refractivity contribution in [2.45, 2.75) is 38.9 Å². The molecular formula is C18H21ClN2O6.